The van der Waals surface area contributed by atoms with Crippen molar-refractivity contribution in [2.75, 3.05) is 58.9 Å². The Kier molecular flexibility index (Phi) is 12.3. The number of hydrogen-bond acceptors (Lipinski definition) is 9. The third kappa shape index (κ3) is 8.72. The van der Waals surface area contributed by atoms with Gasteiger partial charge in [0, 0.05) is 93.0 Å². The first-order chi connectivity index (χ1) is 27.2. The number of primary amides is 1. The number of nitrogens with one attached hydrogen (secondary N) is 1. The van der Waals surface area contributed by atoms with Gasteiger partial charge in [0.2, 0.25) is 5.91 Å². The molecule has 2 fully saturated rings. The molecule has 0 spiro atoms. The molecule has 3 aromatic carbocycles. The molecule has 12 nitrogen and oxygen atoms in total. The Morgan fingerprint density at radius 1 is 0.946 bits per heavy atom. The molecule has 12 heteroatoms. The molecular weight excluding hydrogens is 705 g/mol. The summed E-state index contributed by atoms with van der Waals surface area (Å²) in [5, 5.41) is 9.48. The molecular formula is C44H54N8O4. The summed E-state index contributed by atoms with van der Waals surface area (Å²) in [6.07, 6.45) is 4.30. The summed E-state index contributed by atoms with van der Waals surface area (Å²) >= 11 is 0. The fraction of sp³-hybridized carbons (Fsp3) is 0.409. The zero-order valence-electron chi connectivity index (χ0n) is 33.1. The van der Waals surface area contributed by atoms with E-state index in [0.29, 0.717) is 38.3 Å². The summed E-state index contributed by atoms with van der Waals surface area (Å²) < 4.78 is 13.5. The minimum Gasteiger partial charge on any atom is -0.496 e. The van der Waals surface area contributed by atoms with E-state index in [-0.39, 0.29) is 24.1 Å². The van der Waals surface area contributed by atoms with Crippen LogP contribution in [0.4, 0.5) is 5.69 Å². The predicted molar refractivity (Wildman–Crippen MR) is 220 cm³/mol. The van der Waals surface area contributed by atoms with Gasteiger partial charge >= 0.3 is 0 Å². The monoisotopic (exact) mass is 758 g/mol. The normalized spacial score (nSPS) is 15.6. The molecule has 2 aromatic heterocycles. The fourth-order valence-electron chi connectivity index (χ4n) is 7.86. The van der Waals surface area contributed by atoms with Crippen molar-refractivity contribution in [3.63, 3.8) is 0 Å². The summed E-state index contributed by atoms with van der Waals surface area (Å²) in [4.78, 5) is 38.8. The largest absolute Gasteiger partial charge is 0.496 e. The van der Waals surface area contributed by atoms with Crippen LogP contribution in [0.2, 0.25) is 0 Å². The van der Waals surface area contributed by atoms with Crippen molar-refractivity contribution in [2.24, 2.45) is 5.73 Å². The molecule has 0 unspecified atom stereocenters. The first-order valence-electron chi connectivity index (χ1n) is 19.8. The van der Waals surface area contributed by atoms with Gasteiger partial charge in [0.1, 0.15) is 5.75 Å². The molecule has 4 heterocycles. The zero-order chi connectivity index (χ0) is 39.2. The van der Waals surface area contributed by atoms with Crippen molar-refractivity contribution in [2.45, 2.75) is 65.3 Å². The molecule has 0 radical (unpaired) electrons. The standard InChI is InChI=1S/C44H54N8O4/c1-5-39-38(41(47-35-15-21-56-22-16-35)37-26-46-52(6-2)43(37)48-39)29-51(44(54)34-12-8-11-33(25-34)42(45)53)28-31-13-14-40(55-4)36(24-31)32-10-7-9-30(23-32)27-50-19-17-49(3)18-20-50/h7-14,23-26,35H,5-6,15-22,27-29H2,1-4H3,(H2,45,53)(H,47,48). The smallest absolute Gasteiger partial charge is 0.254 e. The molecule has 2 aliphatic heterocycles. The third-order valence-electron chi connectivity index (χ3n) is 11.1. The maximum Gasteiger partial charge on any atom is 0.254 e. The van der Waals surface area contributed by atoms with Gasteiger partial charge in [-0.1, -0.05) is 37.3 Å². The molecule has 0 aliphatic carbocycles. The average Bonchev–Trinajstić information content (AvgIpc) is 3.65. The van der Waals surface area contributed by atoms with Gasteiger partial charge in [0.05, 0.1) is 30.9 Å². The number of pyridine rings is 1. The van der Waals surface area contributed by atoms with Crippen LogP contribution in [0.15, 0.2) is 72.9 Å². The minimum atomic E-state index is -0.584. The van der Waals surface area contributed by atoms with Crippen LogP contribution < -0.4 is 15.8 Å². The van der Waals surface area contributed by atoms with Gasteiger partial charge in [-0.15, -0.1) is 0 Å². The average molecular weight is 759 g/mol. The molecule has 0 atom stereocenters. The van der Waals surface area contributed by atoms with Gasteiger partial charge in [0.25, 0.3) is 5.91 Å². The molecule has 294 valence electrons. The summed E-state index contributed by atoms with van der Waals surface area (Å²) in [5.74, 6) is -0.0425. The van der Waals surface area contributed by atoms with Crippen LogP contribution >= 0.6 is 0 Å². The van der Waals surface area contributed by atoms with Crippen molar-refractivity contribution in [3.8, 4) is 16.9 Å². The van der Waals surface area contributed by atoms with E-state index in [1.54, 1.807) is 31.4 Å². The number of anilines is 1. The maximum absolute atomic E-state index is 14.7. The van der Waals surface area contributed by atoms with Crippen LogP contribution in [0.1, 0.15) is 69.8 Å². The van der Waals surface area contributed by atoms with Crippen LogP contribution in [0.5, 0.6) is 5.75 Å². The van der Waals surface area contributed by atoms with E-state index in [1.807, 2.05) is 27.9 Å². The molecule has 3 N–H and O–H groups in total. The predicted octanol–water partition coefficient (Wildman–Crippen LogP) is 5.97. The molecule has 2 saturated heterocycles. The summed E-state index contributed by atoms with van der Waals surface area (Å²) in [5.41, 5.74) is 14.2. The Morgan fingerprint density at radius 2 is 1.71 bits per heavy atom. The highest BCUT2D eigenvalue weighted by Gasteiger charge is 2.26. The number of benzene rings is 3. The van der Waals surface area contributed by atoms with Gasteiger partial charge in [0.15, 0.2) is 5.65 Å². The number of hydrogen-bond donors (Lipinski definition) is 2. The van der Waals surface area contributed by atoms with E-state index in [4.69, 9.17) is 20.2 Å². The number of carbonyl (C=O) groups excluding carboxylic acids is 2. The number of nitrogens with zero attached hydrogens (tertiary/aromatic N) is 6. The molecule has 2 amide bonds. The zero-order valence-corrected chi connectivity index (χ0v) is 33.1. The molecule has 0 bridgehead atoms. The Bertz CT molecular complexity index is 2170. The van der Waals surface area contributed by atoms with Crippen LogP contribution in [-0.2, 0) is 37.3 Å². The lowest BCUT2D eigenvalue weighted by Gasteiger charge is -2.32. The third-order valence-corrected chi connectivity index (χ3v) is 11.1. The number of fused-ring (bicyclic) bond motifs is 1. The topological polar surface area (TPSA) is 131 Å². The van der Waals surface area contributed by atoms with Crippen LogP contribution in [0.3, 0.4) is 0 Å². The second-order valence-electron chi connectivity index (χ2n) is 14.9. The molecule has 0 saturated carbocycles. The number of amides is 2. The molecule has 2 aliphatic rings. The number of aromatic nitrogens is 3. The molecule has 5 aromatic rings. The van der Waals surface area contributed by atoms with Crippen LogP contribution in [-0.4, -0.2) is 101 Å². The lowest BCUT2D eigenvalue weighted by atomic mass is 9.98. The number of rotatable bonds is 14. The van der Waals surface area contributed by atoms with Crippen molar-refractivity contribution in [1.82, 2.24) is 29.5 Å². The summed E-state index contributed by atoms with van der Waals surface area (Å²) in [7, 11) is 3.87. The number of aryl methyl sites for hydroxylation is 2. The lowest BCUT2D eigenvalue weighted by molar-refractivity contribution is 0.0730. The Hall–Kier alpha value is -5.30. The fourth-order valence-corrected chi connectivity index (χ4v) is 7.86. The number of ether oxygens (including phenoxy) is 2. The summed E-state index contributed by atoms with van der Waals surface area (Å²) in [6, 6.07) is 21.6. The first kappa shape index (κ1) is 39.0. The van der Waals surface area contributed by atoms with Gasteiger partial charge < -0.3 is 30.3 Å². The van der Waals surface area contributed by atoms with Gasteiger partial charge in [-0.2, -0.15) is 5.10 Å². The SMILES string of the molecule is CCc1nc2c(cnn2CC)c(NC2CCOCC2)c1CN(Cc1ccc(OC)c(-c2cccc(CN3CCN(C)CC3)c2)c1)C(=O)c1cccc(C(N)=O)c1. The van der Waals surface area contributed by atoms with Crippen molar-refractivity contribution >= 4 is 28.5 Å². The van der Waals surface area contributed by atoms with E-state index < -0.39 is 5.91 Å². The molecule has 56 heavy (non-hydrogen) atoms. The Morgan fingerprint density at radius 3 is 2.45 bits per heavy atom. The molecule has 7 rings (SSSR count). The minimum absolute atomic E-state index is 0.204. The van der Waals surface area contributed by atoms with Gasteiger partial charge in [-0.3, -0.25) is 14.5 Å². The van der Waals surface area contributed by atoms with E-state index in [0.717, 1.165) is 96.0 Å². The quantitative estimate of drug-likeness (QED) is 0.141. The van der Waals surface area contributed by atoms with Gasteiger partial charge in [-0.25, -0.2) is 9.67 Å². The number of nitrogens with two attached hydrogens (primary N) is 1. The van der Waals surface area contributed by atoms with Crippen LogP contribution in [0, 0.1) is 0 Å². The lowest BCUT2D eigenvalue weighted by Crippen LogP contribution is -2.43. The number of methoxy groups -OCH3 is 1. The maximum atomic E-state index is 14.7. The number of carbonyl (C=O) groups is 2. The van der Waals surface area contributed by atoms with E-state index in [9.17, 15) is 9.59 Å². The first-order valence-corrected chi connectivity index (χ1v) is 19.8. The van der Waals surface area contributed by atoms with Gasteiger partial charge in [-0.05, 0) is 86.3 Å². The number of piperazine rings is 1. The van der Waals surface area contributed by atoms with E-state index in [2.05, 4.69) is 71.4 Å². The van der Waals surface area contributed by atoms with Crippen molar-refractivity contribution in [3.05, 3.63) is 106 Å². The van der Waals surface area contributed by atoms with E-state index in [1.165, 1.54) is 5.56 Å². The number of likely N-dealkylation sites (N-methyl/N-ethyl adjacent to an activating group) is 1. The highest BCUT2D eigenvalue weighted by molar-refractivity contribution is 5.99. The Balaban J connectivity index is 1.28. The second kappa shape index (κ2) is 17.7. The highest BCUT2D eigenvalue weighted by Crippen LogP contribution is 2.35. The van der Waals surface area contributed by atoms with Crippen molar-refractivity contribution < 1.29 is 19.1 Å². The van der Waals surface area contributed by atoms with Crippen molar-refractivity contribution in [1.29, 1.82) is 0 Å². The van der Waals surface area contributed by atoms with E-state index >= 15 is 0 Å². The summed E-state index contributed by atoms with van der Waals surface area (Å²) in [6.45, 7) is 11.9. The Labute approximate surface area is 329 Å². The van der Waals surface area contributed by atoms with Crippen LogP contribution in [0.25, 0.3) is 22.2 Å². The second-order valence-corrected chi connectivity index (χ2v) is 14.9. The highest BCUT2D eigenvalue weighted by atomic mass is 16.5.